The fraction of sp³-hybridized carbons (Fsp3) is 0.154. The molecule has 6 nitrogen and oxygen atoms in total. The van der Waals surface area contributed by atoms with Gasteiger partial charge in [-0.1, -0.05) is 0 Å². The second-order valence-electron chi connectivity index (χ2n) is 3.65. The minimum absolute atomic E-state index is 0.0313. The van der Waals surface area contributed by atoms with Crippen molar-refractivity contribution in [2.45, 2.75) is 0 Å². The Hall–Kier alpha value is -2.81. The molecule has 0 aliphatic heterocycles. The quantitative estimate of drug-likeness (QED) is 0.896. The molecule has 2 rings (SSSR count). The SMILES string of the molecule is COc1ccc(-c2ncc(C#N)c(=O)[nH]2)c(OC)c1. The molecule has 0 aliphatic rings. The molecule has 0 aliphatic carbocycles. The molecule has 0 amide bonds. The Bertz CT molecular complexity index is 701. The van der Waals surface area contributed by atoms with Gasteiger partial charge in [0.05, 0.1) is 26.0 Å². The number of aromatic nitrogens is 2. The Kier molecular flexibility index (Phi) is 3.48. The van der Waals surface area contributed by atoms with Crippen LogP contribution in [0.3, 0.4) is 0 Å². The van der Waals surface area contributed by atoms with Crippen molar-refractivity contribution >= 4 is 0 Å². The first-order valence-corrected chi connectivity index (χ1v) is 5.41. The number of hydrogen-bond acceptors (Lipinski definition) is 5. The maximum absolute atomic E-state index is 11.6. The van der Waals surface area contributed by atoms with Crippen LogP contribution in [0.5, 0.6) is 11.5 Å². The zero-order valence-corrected chi connectivity index (χ0v) is 10.4. The van der Waals surface area contributed by atoms with E-state index in [-0.39, 0.29) is 5.56 Å². The minimum atomic E-state index is -0.481. The maximum Gasteiger partial charge on any atom is 0.269 e. The highest BCUT2D eigenvalue weighted by Gasteiger charge is 2.10. The van der Waals surface area contributed by atoms with Crippen molar-refractivity contribution in [2.75, 3.05) is 14.2 Å². The number of nitrogens with zero attached hydrogens (tertiary/aromatic N) is 2. The molecule has 0 bridgehead atoms. The smallest absolute Gasteiger partial charge is 0.269 e. The van der Waals surface area contributed by atoms with Crippen LogP contribution in [-0.4, -0.2) is 24.2 Å². The standard InChI is InChI=1S/C13H11N3O3/c1-18-9-3-4-10(11(5-9)19-2)12-15-7-8(6-14)13(17)16-12/h3-5,7H,1-2H3,(H,15,16,17). The van der Waals surface area contributed by atoms with Crippen LogP contribution < -0.4 is 15.0 Å². The lowest BCUT2D eigenvalue weighted by atomic mass is 10.1. The van der Waals surface area contributed by atoms with Crippen molar-refractivity contribution in [2.24, 2.45) is 0 Å². The fourth-order valence-electron chi connectivity index (χ4n) is 1.61. The number of aromatic amines is 1. The number of ether oxygens (including phenoxy) is 2. The number of benzene rings is 1. The second kappa shape index (κ2) is 5.23. The first kappa shape index (κ1) is 12.6. The van der Waals surface area contributed by atoms with Gasteiger partial charge < -0.3 is 14.5 Å². The van der Waals surface area contributed by atoms with Crippen LogP contribution in [-0.2, 0) is 0 Å². The van der Waals surface area contributed by atoms with Crippen molar-refractivity contribution in [3.05, 3.63) is 40.3 Å². The average molecular weight is 257 g/mol. The summed E-state index contributed by atoms with van der Waals surface area (Å²) in [5.74, 6) is 1.49. The second-order valence-corrected chi connectivity index (χ2v) is 3.65. The third-order valence-electron chi connectivity index (χ3n) is 2.58. The molecule has 0 saturated heterocycles. The summed E-state index contributed by atoms with van der Waals surface area (Å²) in [6.07, 6.45) is 1.23. The van der Waals surface area contributed by atoms with E-state index in [1.54, 1.807) is 31.4 Å². The normalized spacial score (nSPS) is 9.74. The molecule has 0 saturated carbocycles. The summed E-state index contributed by atoms with van der Waals surface area (Å²) < 4.78 is 10.3. The van der Waals surface area contributed by atoms with Crippen LogP contribution >= 0.6 is 0 Å². The van der Waals surface area contributed by atoms with Crippen LogP contribution in [0, 0.1) is 11.3 Å². The van der Waals surface area contributed by atoms with Crippen LogP contribution in [0.4, 0.5) is 0 Å². The zero-order chi connectivity index (χ0) is 13.8. The lowest BCUT2D eigenvalue weighted by Crippen LogP contribution is -2.12. The number of methoxy groups -OCH3 is 2. The van der Waals surface area contributed by atoms with E-state index in [1.165, 1.54) is 13.3 Å². The Morgan fingerprint density at radius 1 is 1.32 bits per heavy atom. The largest absolute Gasteiger partial charge is 0.497 e. The third-order valence-corrected chi connectivity index (χ3v) is 2.58. The van der Waals surface area contributed by atoms with E-state index in [0.717, 1.165) is 0 Å². The van der Waals surface area contributed by atoms with E-state index >= 15 is 0 Å². The molecule has 1 aromatic carbocycles. The molecule has 96 valence electrons. The molecular formula is C13H11N3O3. The van der Waals surface area contributed by atoms with Gasteiger partial charge in [0.1, 0.15) is 29.0 Å². The maximum atomic E-state index is 11.6. The fourth-order valence-corrected chi connectivity index (χ4v) is 1.61. The van der Waals surface area contributed by atoms with Crippen LogP contribution in [0.15, 0.2) is 29.2 Å². The zero-order valence-electron chi connectivity index (χ0n) is 10.4. The molecule has 6 heteroatoms. The summed E-state index contributed by atoms with van der Waals surface area (Å²) in [6, 6.07) is 6.91. The van der Waals surface area contributed by atoms with E-state index in [2.05, 4.69) is 9.97 Å². The van der Waals surface area contributed by atoms with Crippen molar-refractivity contribution in [3.63, 3.8) is 0 Å². The molecule has 1 aromatic heterocycles. The van der Waals surface area contributed by atoms with E-state index in [9.17, 15) is 4.79 Å². The van der Waals surface area contributed by atoms with Gasteiger partial charge in [-0.15, -0.1) is 0 Å². The average Bonchev–Trinajstić information content (AvgIpc) is 2.46. The van der Waals surface area contributed by atoms with E-state index < -0.39 is 5.56 Å². The highest BCUT2D eigenvalue weighted by molar-refractivity contribution is 5.65. The molecule has 0 fully saturated rings. The Labute approximate surface area is 109 Å². The van der Waals surface area contributed by atoms with Gasteiger partial charge in [-0.3, -0.25) is 4.79 Å². The molecule has 1 N–H and O–H groups in total. The van der Waals surface area contributed by atoms with Crippen molar-refractivity contribution in [3.8, 4) is 29.0 Å². The summed E-state index contributed by atoms with van der Waals surface area (Å²) in [4.78, 5) is 18.2. The van der Waals surface area contributed by atoms with Gasteiger partial charge in [0.25, 0.3) is 5.56 Å². The van der Waals surface area contributed by atoms with Crippen molar-refractivity contribution in [1.29, 1.82) is 5.26 Å². The highest BCUT2D eigenvalue weighted by Crippen LogP contribution is 2.30. The summed E-state index contributed by atoms with van der Waals surface area (Å²) >= 11 is 0. The predicted molar refractivity (Wildman–Crippen MR) is 68.1 cm³/mol. The van der Waals surface area contributed by atoms with Crippen LogP contribution in [0.1, 0.15) is 5.56 Å². The van der Waals surface area contributed by atoms with Gasteiger partial charge in [0.2, 0.25) is 0 Å². The molecule has 0 spiro atoms. The number of H-pyrrole nitrogens is 1. The Balaban J connectivity index is 2.56. The first-order valence-electron chi connectivity index (χ1n) is 5.41. The Morgan fingerprint density at radius 3 is 2.68 bits per heavy atom. The van der Waals surface area contributed by atoms with Gasteiger partial charge in [-0.25, -0.2) is 4.98 Å². The lowest BCUT2D eigenvalue weighted by Gasteiger charge is -2.09. The molecule has 2 aromatic rings. The topological polar surface area (TPSA) is 88.0 Å². The summed E-state index contributed by atoms with van der Waals surface area (Å²) in [7, 11) is 3.07. The van der Waals surface area contributed by atoms with Gasteiger partial charge in [0.15, 0.2) is 0 Å². The van der Waals surface area contributed by atoms with E-state index in [1.807, 2.05) is 0 Å². The van der Waals surface area contributed by atoms with Crippen LogP contribution in [0.25, 0.3) is 11.4 Å². The predicted octanol–water partition coefficient (Wildman–Crippen LogP) is 1.33. The van der Waals surface area contributed by atoms with Crippen LogP contribution in [0.2, 0.25) is 0 Å². The van der Waals surface area contributed by atoms with Crippen molar-refractivity contribution < 1.29 is 9.47 Å². The first-order chi connectivity index (χ1) is 9.19. The van der Waals surface area contributed by atoms with Gasteiger partial charge >= 0.3 is 0 Å². The molecule has 0 radical (unpaired) electrons. The Morgan fingerprint density at radius 2 is 2.11 bits per heavy atom. The van der Waals surface area contributed by atoms with E-state index in [4.69, 9.17) is 14.7 Å². The molecule has 0 unspecified atom stereocenters. The number of rotatable bonds is 3. The summed E-state index contributed by atoms with van der Waals surface area (Å²) in [5.41, 5.74) is 0.103. The summed E-state index contributed by atoms with van der Waals surface area (Å²) in [6.45, 7) is 0. The van der Waals surface area contributed by atoms with E-state index in [0.29, 0.717) is 22.9 Å². The van der Waals surface area contributed by atoms with Gasteiger partial charge in [0, 0.05) is 6.07 Å². The molecule has 19 heavy (non-hydrogen) atoms. The lowest BCUT2D eigenvalue weighted by molar-refractivity contribution is 0.395. The monoisotopic (exact) mass is 257 g/mol. The van der Waals surface area contributed by atoms with Crippen molar-refractivity contribution in [1.82, 2.24) is 9.97 Å². The van der Waals surface area contributed by atoms with Gasteiger partial charge in [-0.05, 0) is 12.1 Å². The number of nitriles is 1. The van der Waals surface area contributed by atoms with Gasteiger partial charge in [-0.2, -0.15) is 5.26 Å². The molecular weight excluding hydrogens is 246 g/mol. The minimum Gasteiger partial charge on any atom is -0.497 e. The third kappa shape index (κ3) is 2.40. The molecule has 1 heterocycles. The highest BCUT2D eigenvalue weighted by atomic mass is 16.5. The molecule has 0 atom stereocenters. The number of hydrogen-bond donors (Lipinski definition) is 1. The number of nitrogens with one attached hydrogen (secondary N) is 1. The summed E-state index contributed by atoms with van der Waals surface area (Å²) in [5, 5.41) is 8.70.